The fourth-order valence-electron chi connectivity index (χ4n) is 2.86. The molecule has 0 bridgehead atoms. The van der Waals surface area contributed by atoms with Crippen LogP contribution in [0.2, 0.25) is 0 Å². The highest BCUT2D eigenvalue weighted by atomic mass is 16.2. The summed E-state index contributed by atoms with van der Waals surface area (Å²) in [6, 6.07) is 0. The van der Waals surface area contributed by atoms with E-state index in [1.54, 1.807) is 0 Å². The number of likely N-dealkylation sites (N-methyl/N-ethyl adjacent to an activating group) is 1. The molecule has 1 fully saturated rings. The number of carbonyl (C=O) groups excluding carboxylic acids is 1. The molecule has 0 radical (unpaired) electrons. The van der Waals surface area contributed by atoms with Gasteiger partial charge in [0.2, 0.25) is 11.9 Å². The molecule has 4 N–H and O–H groups in total. The lowest BCUT2D eigenvalue weighted by Crippen LogP contribution is -3.12. The monoisotopic (exact) mass is 322 g/mol. The summed E-state index contributed by atoms with van der Waals surface area (Å²) < 4.78 is 2.76. The van der Waals surface area contributed by atoms with Crippen molar-refractivity contribution in [2.24, 2.45) is 12.8 Å². The third-order valence-corrected chi connectivity index (χ3v) is 4.20. The van der Waals surface area contributed by atoms with Crippen LogP contribution in [0.25, 0.3) is 11.2 Å². The molecule has 0 aliphatic carbocycles. The number of hydrogen-bond donors (Lipinski definition) is 3. The summed E-state index contributed by atoms with van der Waals surface area (Å²) in [4.78, 5) is 45.5. The van der Waals surface area contributed by atoms with Gasteiger partial charge in [-0.1, -0.05) is 0 Å². The molecule has 2 aromatic heterocycles. The van der Waals surface area contributed by atoms with E-state index in [0.29, 0.717) is 5.95 Å². The van der Waals surface area contributed by atoms with Crippen molar-refractivity contribution in [2.75, 3.05) is 38.1 Å². The van der Waals surface area contributed by atoms with Gasteiger partial charge in [0.25, 0.3) is 5.56 Å². The number of quaternary nitrogens is 1. The summed E-state index contributed by atoms with van der Waals surface area (Å²) in [6.07, 6.45) is 0. The average molecular weight is 322 g/mol. The summed E-state index contributed by atoms with van der Waals surface area (Å²) in [5.41, 5.74) is 4.65. The number of aromatic amines is 1. The van der Waals surface area contributed by atoms with Gasteiger partial charge in [-0.05, 0) is 0 Å². The van der Waals surface area contributed by atoms with E-state index in [9.17, 15) is 14.4 Å². The number of rotatable bonds is 3. The van der Waals surface area contributed by atoms with Gasteiger partial charge in [-0.15, -0.1) is 0 Å². The average Bonchev–Trinajstić information content (AvgIpc) is 2.85. The molecule has 1 saturated heterocycles. The fourth-order valence-corrected chi connectivity index (χ4v) is 2.86. The van der Waals surface area contributed by atoms with Gasteiger partial charge in [-0.25, -0.2) is 4.79 Å². The molecule has 124 valence electrons. The fraction of sp³-hybridized carbons (Fsp3) is 0.538. The molecule has 0 aromatic carbocycles. The number of amides is 1. The largest absolute Gasteiger partial charge is 0.368 e. The second-order valence-electron chi connectivity index (χ2n) is 5.90. The van der Waals surface area contributed by atoms with E-state index in [2.05, 4.69) is 17.0 Å². The summed E-state index contributed by atoms with van der Waals surface area (Å²) in [6.45, 7) is 3.19. The summed E-state index contributed by atoms with van der Waals surface area (Å²) >= 11 is 0. The maximum atomic E-state index is 12.2. The highest BCUT2D eigenvalue weighted by Gasteiger charge is 2.25. The van der Waals surface area contributed by atoms with Crippen LogP contribution in [0, 0.1) is 0 Å². The number of imidazole rings is 1. The number of piperazine rings is 1. The van der Waals surface area contributed by atoms with Crippen molar-refractivity contribution in [3.63, 3.8) is 0 Å². The molecule has 3 rings (SSSR count). The first-order chi connectivity index (χ1) is 10.9. The summed E-state index contributed by atoms with van der Waals surface area (Å²) in [5.74, 6) is -0.0726. The minimum absolute atomic E-state index is 0.160. The molecule has 2 aromatic rings. The zero-order chi connectivity index (χ0) is 16.7. The van der Waals surface area contributed by atoms with Crippen LogP contribution in [0.1, 0.15) is 0 Å². The van der Waals surface area contributed by atoms with E-state index in [1.807, 2.05) is 4.90 Å². The van der Waals surface area contributed by atoms with Crippen LogP contribution in [0.15, 0.2) is 9.59 Å². The number of anilines is 1. The number of H-pyrrole nitrogens is 1. The van der Waals surface area contributed by atoms with Gasteiger partial charge < -0.3 is 15.5 Å². The van der Waals surface area contributed by atoms with Gasteiger partial charge in [0.15, 0.2) is 11.2 Å². The number of nitrogens with one attached hydrogen (secondary N) is 2. The molecule has 0 unspecified atom stereocenters. The predicted molar refractivity (Wildman–Crippen MR) is 83.6 cm³/mol. The normalized spacial score (nSPS) is 16.2. The first-order valence-corrected chi connectivity index (χ1v) is 7.42. The second kappa shape index (κ2) is 5.54. The number of fused-ring (bicyclic) bond motifs is 1. The van der Waals surface area contributed by atoms with Gasteiger partial charge in [0, 0.05) is 7.05 Å². The van der Waals surface area contributed by atoms with Gasteiger partial charge in [0.1, 0.15) is 6.54 Å². The molecule has 0 atom stereocenters. The van der Waals surface area contributed by atoms with Crippen LogP contribution in [-0.4, -0.2) is 58.2 Å². The zero-order valence-electron chi connectivity index (χ0n) is 13.1. The Balaban J connectivity index is 2.22. The lowest BCUT2D eigenvalue weighted by atomic mass is 10.3. The van der Waals surface area contributed by atoms with Gasteiger partial charge in [-0.2, -0.15) is 4.98 Å². The maximum Gasteiger partial charge on any atom is 0.329 e. The topological polar surface area (TPSA) is 123 Å². The highest BCUT2D eigenvalue weighted by Crippen LogP contribution is 2.19. The van der Waals surface area contributed by atoms with Crippen LogP contribution in [-0.2, 0) is 18.4 Å². The highest BCUT2D eigenvalue weighted by molar-refractivity contribution is 5.80. The number of carbonyl (C=O) groups is 1. The SMILES string of the molecule is Cn1c(=O)[nH]c(=O)c2c1nc(N1CC[NH+](C)CC1)n2CC(N)=O. The van der Waals surface area contributed by atoms with E-state index in [1.165, 1.54) is 21.1 Å². The zero-order valence-corrected chi connectivity index (χ0v) is 13.1. The number of aromatic nitrogens is 4. The molecule has 10 nitrogen and oxygen atoms in total. The predicted octanol–water partition coefficient (Wildman–Crippen LogP) is -3.76. The molecule has 1 amide bonds. The van der Waals surface area contributed by atoms with Gasteiger partial charge in [0.05, 0.1) is 33.2 Å². The smallest absolute Gasteiger partial charge is 0.329 e. The molecular formula is C13H20N7O3+. The minimum atomic E-state index is -0.571. The first kappa shape index (κ1) is 15.3. The van der Waals surface area contributed by atoms with Crippen molar-refractivity contribution in [3.8, 4) is 0 Å². The van der Waals surface area contributed by atoms with Crippen LogP contribution in [0.5, 0.6) is 0 Å². The van der Waals surface area contributed by atoms with E-state index < -0.39 is 17.2 Å². The van der Waals surface area contributed by atoms with Crippen molar-refractivity contribution in [1.82, 2.24) is 19.1 Å². The summed E-state index contributed by atoms with van der Waals surface area (Å²) in [5, 5.41) is 0. The summed E-state index contributed by atoms with van der Waals surface area (Å²) in [7, 11) is 3.64. The maximum absolute atomic E-state index is 12.2. The van der Waals surface area contributed by atoms with Crippen LogP contribution >= 0.6 is 0 Å². The number of hydrogen-bond acceptors (Lipinski definition) is 5. The number of primary amides is 1. The van der Waals surface area contributed by atoms with Crippen molar-refractivity contribution in [1.29, 1.82) is 0 Å². The Labute approximate surface area is 131 Å². The Kier molecular flexibility index (Phi) is 3.68. The molecule has 1 aliphatic heterocycles. The van der Waals surface area contributed by atoms with E-state index >= 15 is 0 Å². The van der Waals surface area contributed by atoms with Crippen molar-refractivity contribution >= 4 is 23.0 Å². The number of aryl methyl sites for hydroxylation is 1. The Hall–Kier alpha value is -2.62. The molecule has 3 heterocycles. The van der Waals surface area contributed by atoms with Crippen molar-refractivity contribution in [3.05, 3.63) is 20.8 Å². The quantitative estimate of drug-likeness (QED) is 0.535. The van der Waals surface area contributed by atoms with Gasteiger partial charge >= 0.3 is 5.69 Å². The van der Waals surface area contributed by atoms with Crippen molar-refractivity contribution < 1.29 is 9.69 Å². The third-order valence-electron chi connectivity index (χ3n) is 4.20. The number of nitrogens with two attached hydrogens (primary N) is 1. The van der Waals surface area contributed by atoms with Crippen LogP contribution in [0.4, 0.5) is 5.95 Å². The van der Waals surface area contributed by atoms with Crippen molar-refractivity contribution in [2.45, 2.75) is 6.54 Å². The Morgan fingerprint density at radius 1 is 1.35 bits per heavy atom. The van der Waals surface area contributed by atoms with Crippen LogP contribution < -0.4 is 26.8 Å². The van der Waals surface area contributed by atoms with E-state index in [-0.39, 0.29) is 17.7 Å². The molecule has 1 aliphatic rings. The van der Waals surface area contributed by atoms with Crippen LogP contribution in [0.3, 0.4) is 0 Å². The standard InChI is InChI=1S/C13H19N7O3/c1-17-3-5-19(6-4-17)12-15-10-9(20(12)7-8(14)21)11(22)16-13(23)18(10)2/h3-7H2,1-2H3,(H2,14,21)(H,16,22,23)/p+1. The first-order valence-electron chi connectivity index (χ1n) is 7.42. The lowest BCUT2D eigenvalue weighted by Gasteiger charge is -2.30. The lowest BCUT2D eigenvalue weighted by molar-refractivity contribution is -0.880. The Morgan fingerprint density at radius 2 is 2.00 bits per heavy atom. The third kappa shape index (κ3) is 2.61. The Morgan fingerprint density at radius 3 is 2.61 bits per heavy atom. The molecule has 23 heavy (non-hydrogen) atoms. The minimum Gasteiger partial charge on any atom is -0.368 e. The van der Waals surface area contributed by atoms with E-state index in [4.69, 9.17) is 5.73 Å². The molecule has 10 heteroatoms. The second-order valence-corrected chi connectivity index (χ2v) is 5.90. The van der Waals surface area contributed by atoms with E-state index in [0.717, 1.165) is 26.2 Å². The Bertz CT molecular complexity index is 870. The molecular weight excluding hydrogens is 302 g/mol. The molecule has 0 saturated carbocycles. The van der Waals surface area contributed by atoms with Gasteiger partial charge in [-0.3, -0.25) is 23.7 Å². The molecule has 0 spiro atoms. The number of nitrogens with zero attached hydrogens (tertiary/aromatic N) is 4.